The summed E-state index contributed by atoms with van der Waals surface area (Å²) in [4.78, 5) is 18.7. The molecule has 0 spiro atoms. The number of hydrogen-bond donors (Lipinski definition) is 1. The van der Waals surface area contributed by atoms with Crippen LogP contribution in [0.3, 0.4) is 0 Å². The Hall–Kier alpha value is -3.61. The van der Waals surface area contributed by atoms with Crippen LogP contribution in [0.2, 0.25) is 0 Å². The number of nitrogens with one attached hydrogen (secondary N) is 1. The van der Waals surface area contributed by atoms with E-state index in [9.17, 15) is 4.79 Å². The van der Waals surface area contributed by atoms with E-state index in [1.165, 1.54) is 36.4 Å². The molecule has 7 nitrogen and oxygen atoms in total. The monoisotopic (exact) mass is 430 g/mol. The number of anilines is 1. The molecular weight excluding hydrogens is 404 g/mol. The Morgan fingerprint density at radius 2 is 2.16 bits per heavy atom. The minimum Gasteiger partial charge on any atom is -0.439 e. The predicted molar refractivity (Wildman–Crippen MR) is 122 cm³/mol. The minimum absolute atomic E-state index is 0.130. The Morgan fingerprint density at radius 3 is 2.88 bits per heavy atom. The van der Waals surface area contributed by atoms with Gasteiger partial charge in [0, 0.05) is 25.4 Å². The number of likely N-dealkylation sites (tertiary alicyclic amines) is 1. The van der Waals surface area contributed by atoms with Gasteiger partial charge in [-0.1, -0.05) is 41.9 Å². The standard InChI is InChI=1S/C25H26N4O3/c1-17-15-29(25(30)28-22-14-27-31-16-22)10-9-20(17)11-18-3-2-4-23(12-18)32-24-8-7-21(13-26-24)19-5-6-19/h2-4,7-8,11-14,16-17,19H,5-6,9-10,15H2,1H3,(H,28,30). The normalized spacial score (nSPS) is 19.7. The number of aromatic nitrogens is 2. The molecule has 3 aromatic rings. The summed E-state index contributed by atoms with van der Waals surface area (Å²) in [6, 6.07) is 12.0. The average Bonchev–Trinajstić information content (AvgIpc) is 3.52. The minimum atomic E-state index is -0.130. The van der Waals surface area contributed by atoms with Crippen LogP contribution in [0.5, 0.6) is 11.6 Å². The maximum atomic E-state index is 12.5. The molecule has 7 heteroatoms. The van der Waals surface area contributed by atoms with Crippen molar-refractivity contribution in [3.05, 3.63) is 71.8 Å². The number of piperidine rings is 1. The van der Waals surface area contributed by atoms with Crippen LogP contribution in [0.15, 0.2) is 65.2 Å². The van der Waals surface area contributed by atoms with Crippen molar-refractivity contribution in [3.63, 3.8) is 0 Å². The van der Waals surface area contributed by atoms with Crippen LogP contribution in [0.4, 0.5) is 10.5 Å². The van der Waals surface area contributed by atoms with Crippen LogP contribution in [0, 0.1) is 5.92 Å². The van der Waals surface area contributed by atoms with E-state index >= 15 is 0 Å². The number of nitrogens with zero attached hydrogens (tertiary/aromatic N) is 3. The SMILES string of the molecule is CC1CN(C(=O)Nc2cnoc2)CCC1=Cc1cccc(Oc2ccc(C3CC3)cn2)c1. The molecule has 0 radical (unpaired) electrons. The Balaban J connectivity index is 1.21. The van der Waals surface area contributed by atoms with Crippen molar-refractivity contribution in [2.75, 3.05) is 18.4 Å². The van der Waals surface area contributed by atoms with Gasteiger partial charge in [0.1, 0.15) is 17.7 Å². The van der Waals surface area contributed by atoms with E-state index in [1.807, 2.05) is 35.4 Å². The van der Waals surface area contributed by atoms with Gasteiger partial charge in [-0.3, -0.25) is 0 Å². The zero-order chi connectivity index (χ0) is 21.9. The summed E-state index contributed by atoms with van der Waals surface area (Å²) in [6.07, 6.45) is 10.4. The first-order chi connectivity index (χ1) is 15.6. The Morgan fingerprint density at radius 1 is 1.25 bits per heavy atom. The second-order valence-corrected chi connectivity index (χ2v) is 8.54. The van der Waals surface area contributed by atoms with Crippen LogP contribution >= 0.6 is 0 Å². The van der Waals surface area contributed by atoms with Gasteiger partial charge in [-0.15, -0.1) is 0 Å². The molecule has 2 fully saturated rings. The first-order valence-electron chi connectivity index (χ1n) is 11.0. The third-order valence-corrected chi connectivity index (χ3v) is 6.01. The second-order valence-electron chi connectivity index (χ2n) is 8.54. The zero-order valence-electron chi connectivity index (χ0n) is 18.0. The number of ether oxygens (including phenoxy) is 1. The molecule has 2 aromatic heterocycles. The molecule has 1 aliphatic carbocycles. The molecule has 1 unspecified atom stereocenters. The van der Waals surface area contributed by atoms with Gasteiger partial charge in [0.25, 0.3) is 0 Å². The highest BCUT2D eigenvalue weighted by Crippen LogP contribution is 2.40. The summed E-state index contributed by atoms with van der Waals surface area (Å²) >= 11 is 0. The van der Waals surface area contributed by atoms with Crippen LogP contribution in [-0.4, -0.2) is 34.2 Å². The highest BCUT2D eigenvalue weighted by molar-refractivity contribution is 5.89. The highest BCUT2D eigenvalue weighted by Gasteiger charge is 2.25. The lowest BCUT2D eigenvalue weighted by atomic mass is 9.91. The predicted octanol–water partition coefficient (Wildman–Crippen LogP) is 5.70. The van der Waals surface area contributed by atoms with Crippen molar-refractivity contribution in [3.8, 4) is 11.6 Å². The molecule has 1 atom stereocenters. The smallest absolute Gasteiger partial charge is 0.322 e. The van der Waals surface area contributed by atoms with Crippen molar-refractivity contribution < 1.29 is 14.1 Å². The molecule has 2 amide bonds. The topological polar surface area (TPSA) is 80.5 Å². The van der Waals surface area contributed by atoms with Crippen molar-refractivity contribution in [1.29, 1.82) is 0 Å². The fraction of sp³-hybridized carbons (Fsp3) is 0.320. The number of amides is 2. The Kier molecular flexibility index (Phi) is 5.62. The van der Waals surface area contributed by atoms with Gasteiger partial charge in [-0.25, -0.2) is 9.78 Å². The van der Waals surface area contributed by atoms with Crippen molar-refractivity contribution in [1.82, 2.24) is 15.0 Å². The van der Waals surface area contributed by atoms with Crippen molar-refractivity contribution in [2.24, 2.45) is 5.92 Å². The Bertz CT molecular complexity index is 1100. The molecule has 32 heavy (non-hydrogen) atoms. The number of rotatable bonds is 5. The summed E-state index contributed by atoms with van der Waals surface area (Å²) in [5, 5.41) is 6.42. The van der Waals surface area contributed by atoms with Crippen molar-refractivity contribution >= 4 is 17.8 Å². The van der Waals surface area contributed by atoms with E-state index in [0.717, 1.165) is 17.7 Å². The maximum absolute atomic E-state index is 12.5. The third kappa shape index (κ3) is 4.82. The average molecular weight is 431 g/mol. The lowest BCUT2D eigenvalue weighted by molar-refractivity contribution is 0.198. The molecular formula is C25H26N4O3. The molecule has 5 rings (SSSR count). The molecule has 0 bridgehead atoms. The molecule has 1 aliphatic heterocycles. The van der Waals surface area contributed by atoms with Crippen LogP contribution in [0.25, 0.3) is 6.08 Å². The molecule has 164 valence electrons. The fourth-order valence-electron chi connectivity index (χ4n) is 4.03. The number of benzene rings is 1. The first-order valence-corrected chi connectivity index (χ1v) is 11.0. The lowest BCUT2D eigenvalue weighted by Crippen LogP contribution is -2.42. The number of urea groups is 1. The van der Waals surface area contributed by atoms with Gasteiger partial charge in [-0.05, 0) is 54.4 Å². The van der Waals surface area contributed by atoms with Crippen molar-refractivity contribution in [2.45, 2.75) is 32.1 Å². The van der Waals surface area contributed by atoms with Gasteiger partial charge in [-0.2, -0.15) is 0 Å². The summed E-state index contributed by atoms with van der Waals surface area (Å²) in [6.45, 7) is 3.48. The molecule has 1 saturated carbocycles. The highest BCUT2D eigenvalue weighted by atomic mass is 16.5. The van der Waals surface area contributed by atoms with E-state index in [1.54, 1.807) is 0 Å². The molecule has 2 aliphatic rings. The third-order valence-electron chi connectivity index (χ3n) is 6.01. The van der Waals surface area contributed by atoms with E-state index in [2.05, 4.69) is 40.6 Å². The molecule has 1 saturated heterocycles. The van der Waals surface area contributed by atoms with Gasteiger partial charge >= 0.3 is 6.03 Å². The van der Waals surface area contributed by atoms with E-state index in [4.69, 9.17) is 9.26 Å². The number of pyridine rings is 1. The van der Waals surface area contributed by atoms with Crippen LogP contribution < -0.4 is 10.1 Å². The molecule has 1 N–H and O–H groups in total. The quantitative estimate of drug-likeness (QED) is 0.562. The van der Waals surface area contributed by atoms with Gasteiger partial charge in [0.2, 0.25) is 5.88 Å². The van der Waals surface area contributed by atoms with Crippen LogP contribution in [0.1, 0.15) is 43.2 Å². The summed E-state index contributed by atoms with van der Waals surface area (Å²) < 4.78 is 10.7. The summed E-state index contributed by atoms with van der Waals surface area (Å²) in [5.41, 5.74) is 4.27. The van der Waals surface area contributed by atoms with Crippen LogP contribution in [-0.2, 0) is 0 Å². The summed E-state index contributed by atoms with van der Waals surface area (Å²) in [7, 11) is 0. The maximum Gasteiger partial charge on any atom is 0.322 e. The zero-order valence-corrected chi connectivity index (χ0v) is 18.0. The lowest BCUT2D eigenvalue weighted by Gasteiger charge is -2.33. The number of carbonyl (C=O) groups is 1. The molecule has 3 heterocycles. The summed E-state index contributed by atoms with van der Waals surface area (Å²) in [5.74, 6) is 2.33. The number of carbonyl (C=O) groups excluding carboxylic acids is 1. The van der Waals surface area contributed by atoms with E-state index in [-0.39, 0.29) is 11.9 Å². The van der Waals surface area contributed by atoms with Gasteiger partial charge in [0.15, 0.2) is 0 Å². The fourth-order valence-corrected chi connectivity index (χ4v) is 4.03. The van der Waals surface area contributed by atoms with Gasteiger partial charge in [0.05, 0.1) is 6.20 Å². The van der Waals surface area contributed by atoms with Gasteiger partial charge < -0.3 is 19.5 Å². The largest absolute Gasteiger partial charge is 0.439 e. The molecule has 1 aromatic carbocycles. The van der Waals surface area contributed by atoms with E-state index < -0.39 is 0 Å². The first kappa shape index (κ1) is 20.3. The second kappa shape index (κ2) is 8.86. The number of hydrogen-bond acceptors (Lipinski definition) is 5. The Labute approximate surface area is 187 Å². The van der Waals surface area contributed by atoms with E-state index in [0.29, 0.717) is 30.6 Å².